The lowest BCUT2D eigenvalue weighted by Crippen LogP contribution is -2.43. The van der Waals surface area contributed by atoms with Gasteiger partial charge in [-0.25, -0.2) is 17.1 Å². The van der Waals surface area contributed by atoms with E-state index in [4.69, 9.17) is 16.3 Å². The van der Waals surface area contributed by atoms with Gasteiger partial charge < -0.3 is 4.74 Å². The Bertz CT molecular complexity index is 665. The molecule has 22 heavy (non-hydrogen) atoms. The number of benzene rings is 1. The molecule has 0 amide bonds. The highest BCUT2D eigenvalue weighted by Crippen LogP contribution is 2.24. The highest BCUT2D eigenvalue weighted by molar-refractivity contribution is 7.89. The molecule has 0 spiro atoms. The summed E-state index contributed by atoms with van der Waals surface area (Å²) in [6.45, 7) is 2.08. The van der Waals surface area contributed by atoms with E-state index in [-0.39, 0.29) is 23.1 Å². The van der Waals surface area contributed by atoms with E-state index in [1.165, 1.54) is 16.4 Å². The maximum Gasteiger partial charge on any atom is 0.315 e. The van der Waals surface area contributed by atoms with E-state index in [0.29, 0.717) is 19.4 Å². The maximum absolute atomic E-state index is 13.3. The van der Waals surface area contributed by atoms with Gasteiger partial charge in [0.1, 0.15) is 11.6 Å². The van der Waals surface area contributed by atoms with Crippen molar-refractivity contribution in [2.75, 3.05) is 18.8 Å². The Labute approximate surface area is 134 Å². The third-order valence-electron chi connectivity index (χ3n) is 3.59. The number of carbonyl (C=O) groups is 1. The normalized spacial score (nSPS) is 19.9. The largest absolute Gasteiger partial charge is 0.426 e. The number of carbonyl (C=O) groups excluding carboxylic acids is 1. The zero-order valence-electron chi connectivity index (χ0n) is 12.1. The van der Waals surface area contributed by atoms with Crippen molar-refractivity contribution in [2.45, 2.75) is 19.8 Å². The van der Waals surface area contributed by atoms with Gasteiger partial charge in [-0.2, -0.15) is 0 Å². The Morgan fingerprint density at radius 3 is 2.86 bits per heavy atom. The standard InChI is InChI=1S/C14H17ClFNO4S/c1-2-22(19,20)17-7-3-4-10(9-17)14(18)21-11-5-6-12(15)13(16)8-11/h5-6,8,10H,2-4,7,9H2,1H3. The van der Waals surface area contributed by atoms with Crippen molar-refractivity contribution in [2.24, 2.45) is 5.92 Å². The molecule has 1 saturated heterocycles. The van der Waals surface area contributed by atoms with E-state index < -0.39 is 27.7 Å². The molecule has 1 aromatic carbocycles. The van der Waals surface area contributed by atoms with Crippen LogP contribution in [0, 0.1) is 11.7 Å². The van der Waals surface area contributed by atoms with Crippen LogP contribution in [0.25, 0.3) is 0 Å². The molecular weight excluding hydrogens is 333 g/mol. The minimum atomic E-state index is -3.32. The van der Waals surface area contributed by atoms with Gasteiger partial charge in [-0.1, -0.05) is 11.6 Å². The van der Waals surface area contributed by atoms with Crippen LogP contribution in [-0.2, 0) is 14.8 Å². The second-order valence-electron chi connectivity index (χ2n) is 5.09. The van der Waals surface area contributed by atoms with Gasteiger partial charge in [-0.3, -0.25) is 4.79 Å². The average Bonchev–Trinajstić information content (AvgIpc) is 2.51. The van der Waals surface area contributed by atoms with Gasteiger partial charge >= 0.3 is 5.97 Å². The quantitative estimate of drug-likeness (QED) is 0.618. The monoisotopic (exact) mass is 349 g/mol. The van der Waals surface area contributed by atoms with Crippen LogP contribution in [0.15, 0.2) is 18.2 Å². The molecule has 1 unspecified atom stereocenters. The van der Waals surface area contributed by atoms with Crippen LogP contribution in [0.2, 0.25) is 5.02 Å². The zero-order chi connectivity index (χ0) is 16.3. The summed E-state index contributed by atoms with van der Waals surface area (Å²) in [5, 5.41) is -0.0577. The summed E-state index contributed by atoms with van der Waals surface area (Å²) in [5.41, 5.74) is 0. The molecule has 1 heterocycles. The van der Waals surface area contributed by atoms with Crippen LogP contribution >= 0.6 is 11.6 Å². The highest BCUT2D eigenvalue weighted by Gasteiger charge is 2.32. The van der Waals surface area contributed by atoms with E-state index in [9.17, 15) is 17.6 Å². The molecule has 1 aromatic rings. The Hall–Kier alpha value is -1.18. The predicted molar refractivity (Wildman–Crippen MR) is 80.8 cm³/mol. The fourth-order valence-corrected chi connectivity index (χ4v) is 3.61. The number of ether oxygens (including phenoxy) is 1. The van der Waals surface area contributed by atoms with E-state index in [2.05, 4.69) is 0 Å². The Balaban J connectivity index is 2.04. The van der Waals surface area contributed by atoms with Gasteiger partial charge in [-0.05, 0) is 31.9 Å². The third kappa shape index (κ3) is 3.97. The number of nitrogens with zero attached hydrogens (tertiary/aromatic N) is 1. The number of rotatable bonds is 4. The molecule has 0 aliphatic carbocycles. The SMILES string of the molecule is CCS(=O)(=O)N1CCCC(C(=O)Oc2ccc(Cl)c(F)c2)C1. The lowest BCUT2D eigenvalue weighted by atomic mass is 10.00. The number of piperidine rings is 1. The first-order valence-corrected chi connectivity index (χ1v) is 8.96. The van der Waals surface area contributed by atoms with Crippen molar-refractivity contribution in [3.63, 3.8) is 0 Å². The second kappa shape index (κ2) is 6.93. The van der Waals surface area contributed by atoms with Gasteiger partial charge in [-0.15, -0.1) is 0 Å². The number of esters is 1. The molecule has 1 atom stereocenters. The van der Waals surface area contributed by atoms with Crippen molar-refractivity contribution in [3.8, 4) is 5.75 Å². The van der Waals surface area contributed by atoms with Crippen molar-refractivity contribution in [1.29, 1.82) is 0 Å². The molecule has 1 fully saturated rings. The Kier molecular flexibility index (Phi) is 5.41. The van der Waals surface area contributed by atoms with Crippen LogP contribution in [-0.4, -0.2) is 37.5 Å². The first-order chi connectivity index (χ1) is 10.3. The summed E-state index contributed by atoms with van der Waals surface area (Å²) in [6, 6.07) is 3.73. The topological polar surface area (TPSA) is 63.7 Å². The Morgan fingerprint density at radius 2 is 2.23 bits per heavy atom. The molecule has 2 rings (SSSR count). The van der Waals surface area contributed by atoms with Crippen molar-refractivity contribution in [3.05, 3.63) is 29.0 Å². The van der Waals surface area contributed by atoms with E-state index in [0.717, 1.165) is 6.07 Å². The average molecular weight is 350 g/mol. The van der Waals surface area contributed by atoms with Crippen molar-refractivity contribution in [1.82, 2.24) is 4.31 Å². The number of sulfonamides is 1. The molecule has 122 valence electrons. The minimum Gasteiger partial charge on any atom is -0.426 e. The summed E-state index contributed by atoms with van der Waals surface area (Å²) in [5.74, 6) is -1.73. The lowest BCUT2D eigenvalue weighted by molar-refractivity contribution is -0.140. The maximum atomic E-state index is 13.3. The Morgan fingerprint density at radius 1 is 1.50 bits per heavy atom. The number of halogens is 2. The smallest absolute Gasteiger partial charge is 0.315 e. The first-order valence-electron chi connectivity index (χ1n) is 6.98. The molecule has 0 aromatic heterocycles. The molecule has 0 radical (unpaired) electrons. The molecule has 0 saturated carbocycles. The van der Waals surface area contributed by atoms with E-state index in [1.807, 2.05) is 0 Å². The lowest BCUT2D eigenvalue weighted by Gasteiger charge is -2.30. The summed E-state index contributed by atoms with van der Waals surface area (Å²) in [4.78, 5) is 12.1. The second-order valence-corrected chi connectivity index (χ2v) is 7.76. The fraction of sp³-hybridized carbons (Fsp3) is 0.500. The van der Waals surface area contributed by atoms with Crippen LogP contribution in [0.5, 0.6) is 5.75 Å². The summed E-state index contributed by atoms with van der Waals surface area (Å²) < 4.78 is 43.5. The van der Waals surface area contributed by atoms with Gasteiger partial charge in [0.15, 0.2) is 0 Å². The van der Waals surface area contributed by atoms with Crippen molar-refractivity contribution < 1.29 is 22.3 Å². The summed E-state index contributed by atoms with van der Waals surface area (Å²) >= 11 is 5.56. The fourth-order valence-electron chi connectivity index (χ4n) is 2.31. The molecule has 0 N–H and O–H groups in total. The van der Waals surface area contributed by atoms with Crippen LogP contribution in [0.1, 0.15) is 19.8 Å². The van der Waals surface area contributed by atoms with E-state index in [1.54, 1.807) is 6.92 Å². The predicted octanol–water partition coefficient (Wildman–Crippen LogP) is 2.45. The molecule has 8 heteroatoms. The molecule has 5 nitrogen and oxygen atoms in total. The highest BCUT2D eigenvalue weighted by atomic mass is 35.5. The van der Waals surface area contributed by atoms with E-state index >= 15 is 0 Å². The third-order valence-corrected chi connectivity index (χ3v) is 5.74. The molecule has 1 aliphatic rings. The van der Waals surface area contributed by atoms with Crippen LogP contribution < -0.4 is 4.74 Å². The van der Waals surface area contributed by atoms with Gasteiger partial charge in [0.25, 0.3) is 0 Å². The molecule has 1 aliphatic heterocycles. The molecule has 0 bridgehead atoms. The van der Waals surface area contributed by atoms with Gasteiger partial charge in [0.2, 0.25) is 10.0 Å². The summed E-state index contributed by atoms with van der Waals surface area (Å²) in [7, 11) is -3.32. The first kappa shape index (κ1) is 17.2. The minimum absolute atomic E-state index is 0.00281. The van der Waals surface area contributed by atoms with Gasteiger partial charge in [0.05, 0.1) is 16.7 Å². The molecular formula is C14H17ClFNO4S. The summed E-state index contributed by atoms with van der Waals surface area (Å²) in [6.07, 6.45) is 1.14. The van der Waals surface area contributed by atoms with Crippen LogP contribution in [0.3, 0.4) is 0 Å². The number of hydrogen-bond donors (Lipinski definition) is 0. The van der Waals surface area contributed by atoms with Crippen molar-refractivity contribution >= 4 is 27.6 Å². The number of hydrogen-bond acceptors (Lipinski definition) is 4. The van der Waals surface area contributed by atoms with Gasteiger partial charge in [0, 0.05) is 19.2 Å². The van der Waals surface area contributed by atoms with Crippen LogP contribution in [0.4, 0.5) is 4.39 Å². The zero-order valence-corrected chi connectivity index (χ0v) is 13.7.